The maximum atomic E-state index is 9.08. The average Bonchev–Trinajstić information content (AvgIpc) is 2.46. The molecule has 1 aromatic rings. The van der Waals surface area contributed by atoms with Crippen LogP contribution in [0.1, 0.15) is 26.0 Å². The van der Waals surface area contributed by atoms with Gasteiger partial charge >= 0.3 is 0 Å². The zero-order valence-electron chi connectivity index (χ0n) is 11.2. The summed E-state index contributed by atoms with van der Waals surface area (Å²) in [5.41, 5.74) is 0.636. The number of aromatic nitrogens is 2. The highest BCUT2D eigenvalue weighted by Gasteiger charge is 2.21. The Balaban J connectivity index is 1.96. The van der Waals surface area contributed by atoms with Gasteiger partial charge in [-0.15, -0.1) is 0 Å². The third-order valence-corrected chi connectivity index (χ3v) is 3.69. The van der Waals surface area contributed by atoms with Crippen molar-refractivity contribution in [1.82, 2.24) is 14.9 Å². The molecule has 0 aliphatic carbocycles. The molecule has 1 aromatic heterocycles. The lowest BCUT2D eigenvalue weighted by atomic mass is 10.2. The number of nitrogens with zero attached hydrogens (tertiary/aromatic N) is 4. The van der Waals surface area contributed by atoms with E-state index in [1.807, 2.05) is 0 Å². The minimum absolute atomic E-state index is 0.0479. The van der Waals surface area contributed by atoms with Crippen molar-refractivity contribution in [3.05, 3.63) is 18.1 Å². The zero-order chi connectivity index (χ0) is 13.0. The summed E-state index contributed by atoms with van der Waals surface area (Å²) in [6.45, 7) is 8.56. The summed E-state index contributed by atoms with van der Waals surface area (Å²) in [7, 11) is 0. The Bertz CT molecular complexity index is 377. The van der Waals surface area contributed by atoms with Crippen LogP contribution >= 0.6 is 0 Å². The van der Waals surface area contributed by atoms with E-state index in [0.717, 1.165) is 32.0 Å². The normalized spacial score (nSPS) is 18.9. The second-order valence-corrected chi connectivity index (χ2v) is 4.81. The Morgan fingerprint density at radius 3 is 2.61 bits per heavy atom. The van der Waals surface area contributed by atoms with Gasteiger partial charge < -0.3 is 10.0 Å². The molecule has 1 saturated heterocycles. The number of aliphatic hydroxyl groups is 1. The van der Waals surface area contributed by atoms with Gasteiger partial charge in [-0.05, 0) is 13.3 Å². The number of piperazine rings is 1. The molecule has 0 spiro atoms. The average molecular weight is 250 g/mol. The molecule has 1 fully saturated rings. The summed E-state index contributed by atoms with van der Waals surface area (Å²) >= 11 is 0. The molecule has 5 heteroatoms. The van der Waals surface area contributed by atoms with Gasteiger partial charge in [0.25, 0.3) is 0 Å². The fourth-order valence-electron chi connectivity index (χ4n) is 2.27. The molecule has 0 amide bonds. The Hall–Kier alpha value is -1.20. The van der Waals surface area contributed by atoms with Crippen LogP contribution in [0.3, 0.4) is 0 Å². The third-order valence-electron chi connectivity index (χ3n) is 3.69. The highest BCUT2D eigenvalue weighted by Crippen LogP contribution is 2.15. The fraction of sp³-hybridized carbons (Fsp3) is 0.692. The summed E-state index contributed by atoms with van der Waals surface area (Å²) in [4.78, 5) is 13.3. The van der Waals surface area contributed by atoms with Gasteiger partial charge in [0, 0.05) is 32.2 Å². The molecule has 18 heavy (non-hydrogen) atoms. The maximum absolute atomic E-state index is 9.08. The minimum atomic E-state index is -0.0479. The van der Waals surface area contributed by atoms with Crippen molar-refractivity contribution in [2.45, 2.75) is 32.9 Å². The van der Waals surface area contributed by atoms with E-state index in [1.165, 1.54) is 6.42 Å². The lowest BCUT2D eigenvalue weighted by Gasteiger charge is -2.38. The van der Waals surface area contributed by atoms with E-state index in [-0.39, 0.29) is 6.61 Å². The van der Waals surface area contributed by atoms with Crippen molar-refractivity contribution in [3.63, 3.8) is 0 Å². The van der Waals surface area contributed by atoms with Crippen LogP contribution in [0.5, 0.6) is 0 Å². The highest BCUT2D eigenvalue weighted by atomic mass is 16.3. The Labute approximate surface area is 108 Å². The first-order valence-corrected chi connectivity index (χ1v) is 6.65. The molecule has 0 saturated carbocycles. The van der Waals surface area contributed by atoms with Crippen LogP contribution in [0.2, 0.25) is 0 Å². The van der Waals surface area contributed by atoms with E-state index < -0.39 is 0 Å². The van der Waals surface area contributed by atoms with E-state index >= 15 is 0 Å². The van der Waals surface area contributed by atoms with E-state index in [1.54, 1.807) is 12.4 Å². The van der Waals surface area contributed by atoms with E-state index in [2.05, 4.69) is 33.6 Å². The molecule has 1 aliphatic heterocycles. The van der Waals surface area contributed by atoms with Crippen LogP contribution in [0.25, 0.3) is 0 Å². The monoisotopic (exact) mass is 250 g/mol. The van der Waals surface area contributed by atoms with Crippen LogP contribution in [0.15, 0.2) is 12.4 Å². The molecule has 1 aliphatic rings. The molecular weight excluding hydrogens is 228 g/mol. The lowest BCUT2D eigenvalue weighted by Crippen LogP contribution is -2.49. The molecule has 1 unspecified atom stereocenters. The smallest absolute Gasteiger partial charge is 0.147 e. The van der Waals surface area contributed by atoms with Gasteiger partial charge in [-0.25, -0.2) is 4.98 Å². The first-order valence-electron chi connectivity index (χ1n) is 6.65. The Morgan fingerprint density at radius 1 is 1.28 bits per heavy atom. The SMILES string of the molecule is CCC(C)N1CCN(c2cncc(CO)n2)CC1. The summed E-state index contributed by atoms with van der Waals surface area (Å²) in [6.07, 6.45) is 4.58. The molecule has 0 aromatic carbocycles. The Kier molecular flexibility index (Phi) is 4.49. The summed E-state index contributed by atoms with van der Waals surface area (Å²) in [5, 5.41) is 9.08. The Morgan fingerprint density at radius 2 is 2.00 bits per heavy atom. The first-order chi connectivity index (χ1) is 8.74. The minimum Gasteiger partial charge on any atom is -0.390 e. The largest absolute Gasteiger partial charge is 0.390 e. The molecule has 100 valence electrons. The molecule has 0 bridgehead atoms. The first kappa shape index (κ1) is 13.2. The van der Waals surface area contributed by atoms with Gasteiger partial charge in [-0.1, -0.05) is 6.92 Å². The van der Waals surface area contributed by atoms with Crippen molar-refractivity contribution in [2.75, 3.05) is 31.1 Å². The predicted octanol–water partition coefficient (Wildman–Crippen LogP) is 0.889. The van der Waals surface area contributed by atoms with Crippen molar-refractivity contribution >= 4 is 5.82 Å². The molecule has 1 N–H and O–H groups in total. The molecular formula is C13H22N4O. The summed E-state index contributed by atoms with van der Waals surface area (Å²) in [5.74, 6) is 0.880. The van der Waals surface area contributed by atoms with Crippen LogP contribution in [0.4, 0.5) is 5.82 Å². The highest BCUT2D eigenvalue weighted by molar-refractivity contribution is 5.37. The fourth-order valence-corrected chi connectivity index (χ4v) is 2.27. The van der Waals surface area contributed by atoms with E-state index in [4.69, 9.17) is 5.11 Å². The molecule has 2 heterocycles. The van der Waals surface area contributed by atoms with Crippen molar-refractivity contribution < 1.29 is 5.11 Å². The topological polar surface area (TPSA) is 52.5 Å². The zero-order valence-corrected chi connectivity index (χ0v) is 11.2. The standard InChI is InChI=1S/C13H22N4O/c1-3-11(2)16-4-6-17(7-5-16)13-9-14-8-12(10-18)15-13/h8-9,11,18H,3-7,10H2,1-2H3. The van der Waals surface area contributed by atoms with Crippen molar-refractivity contribution in [1.29, 1.82) is 0 Å². The number of aliphatic hydroxyl groups excluding tert-OH is 1. The second kappa shape index (κ2) is 6.11. The molecule has 2 rings (SSSR count). The second-order valence-electron chi connectivity index (χ2n) is 4.81. The van der Waals surface area contributed by atoms with Crippen LogP contribution < -0.4 is 4.90 Å². The number of rotatable bonds is 4. The van der Waals surface area contributed by atoms with Crippen LogP contribution in [0, 0.1) is 0 Å². The number of hydrogen-bond acceptors (Lipinski definition) is 5. The summed E-state index contributed by atoms with van der Waals surface area (Å²) < 4.78 is 0. The quantitative estimate of drug-likeness (QED) is 0.860. The van der Waals surface area contributed by atoms with E-state index in [0.29, 0.717) is 11.7 Å². The lowest BCUT2D eigenvalue weighted by molar-refractivity contribution is 0.192. The summed E-state index contributed by atoms with van der Waals surface area (Å²) in [6, 6.07) is 0.655. The van der Waals surface area contributed by atoms with Gasteiger partial charge in [0.2, 0.25) is 0 Å². The van der Waals surface area contributed by atoms with Gasteiger partial charge in [0.05, 0.1) is 24.7 Å². The third kappa shape index (κ3) is 2.97. The van der Waals surface area contributed by atoms with Gasteiger partial charge in [-0.2, -0.15) is 0 Å². The molecule has 5 nitrogen and oxygen atoms in total. The van der Waals surface area contributed by atoms with Gasteiger partial charge in [0.15, 0.2) is 0 Å². The number of anilines is 1. The van der Waals surface area contributed by atoms with Gasteiger partial charge in [0.1, 0.15) is 5.82 Å². The predicted molar refractivity (Wildman–Crippen MR) is 71.5 cm³/mol. The van der Waals surface area contributed by atoms with Crippen LogP contribution in [-0.4, -0.2) is 52.2 Å². The van der Waals surface area contributed by atoms with Gasteiger partial charge in [-0.3, -0.25) is 9.88 Å². The molecule has 1 atom stereocenters. The number of hydrogen-bond donors (Lipinski definition) is 1. The molecule has 0 radical (unpaired) electrons. The maximum Gasteiger partial charge on any atom is 0.147 e. The van der Waals surface area contributed by atoms with E-state index in [9.17, 15) is 0 Å². The van der Waals surface area contributed by atoms with Crippen LogP contribution in [-0.2, 0) is 6.61 Å². The van der Waals surface area contributed by atoms with Crippen molar-refractivity contribution in [3.8, 4) is 0 Å². The van der Waals surface area contributed by atoms with Crippen molar-refractivity contribution in [2.24, 2.45) is 0 Å².